The Balaban J connectivity index is 0.00000676. The zero-order chi connectivity index (χ0) is 19.0. The molecule has 0 aliphatic rings. The monoisotopic (exact) mass is 492 g/mol. The molecule has 7 nitrogen and oxygen atoms in total. The molecule has 1 rings (SSSR count). The molecular weight excluding hydrogens is 459 g/mol. The molecule has 3 N–H and O–H groups in total. The number of ether oxygens (including phenoxy) is 2. The summed E-state index contributed by atoms with van der Waals surface area (Å²) in [7, 11) is 1.73. The Morgan fingerprint density at radius 2 is 1.85 bits per heavy atom. The van der Waals surface area contributed by atoms with Crippen LogP contribution in [0, 0.1) is 0 Å². The number of guanidine groups is 1. The molecule has 8 heteroatoms. The van der Waals surface area contributed by atoms with Crippen LogP contribution in [0.1, 0.15) is 32.3 Å². The molecule has 27 heavy (non-hydrogen) atoms. The van der Waals surface area contributed by atoms with Crippen molar-refractivity contribution in [2.24, 2.45) is 4.99 Å². The summed E-state index contributed by atoms with van der Waals surface area (Å²) < 4.78 is 11.0. The summed E-state index contributed by atoms with van der Waals surface area (Å²) in [5.41, 5.74) is 1.84. The van der Waals surface area contributed by atoms with Crippen LogP contribution in [0.4, 0.5) is 5.69 Å². The van der Waals surface area contributed by atoms with Gasteiger partial charge in [-0.15, -0.1) is 24.0 Å². The van der Waals surface area contributed by atoms with Gasteiger partial charge in [-0.25, -0.2) is 0 Å². The third-order valence-electron chi connectivity index (χ3n) is 3.48. The number of aliphatic imine (C=N–C) groups is 1. The molecule has 1 aromatic rings. The quantitative estimate of drug-likeness (QED) is 0.181. The largest absolute Gasteiger partial charge is 0.379 e. The van der Waals surface area contributed by atoms with Crippen molar-refractivity contribution >= 4 is 41.5 Å². The minimum absolute atomic E-state index is 0. The maximum absolute atomic E-state index is 11.1. The molecule has 0 heterocycles. The van der Waals surface area contributed by atoms with E-state index in [-0.39, 0.29) is 29.9 Å². The van der Waals surface area contributed by atoms with Gasteiger partial charge in [0.05, 0.1) is 19.8 Å². The Labute approximate surface area is 179 Å². The lowest BCUT2D eigenvalue weighted by molar-refractivity contribution is -0.114. The van der Waals surface area contributed by atoms with Crippen LogP contribution in [0.25, 0.3) is 0 Å². The molecule has 0 atom stereocenters. The number of carbonyl (C=O) groups is 1. The molecule has 0 bridgehead atoms. The van der Waals surface area contributed by atoms with Gasteiger partial charge in [0.25, 0.3) is 0 Å². The van der Waals surface area contributed by atoms with Crippen LogP contribution in [0.5, 0.6) is 0 Å². The molecule has 0 saturated heterocycles. The van der Waals surface area contributed by atoms with Crippen LogP contribution < -0.4 is 16.0 Å². The Morgan fingerprint density at radius 3 is 2.52 bits per heavy atom. The molecule has 0 aliphatic carbocycles. The SMILES string of the molecule is CCCCOCCOCCNC(=NC)NCc1cccc(NC(C)=O)c1.I. The highest BCUT2D eigenvalue weighted by atomic mass is 127. The van der Waals surface area contributed by atoms with Crippen molar-refractivity contribution < 1.29 is 14.3 Å². The number of hydrogen-bond donors (Lipinski definition) is 3. The number of nitrogens with zero attached hydrogens (tertiary/aromatic N) is 1. The maximum Gasteiger partial charge on any atom is 0.221 e. The highest BCUT2D eigenvalue weighted by molar-refractivity contribution is 14.0. The van der Waals surface area contributed by atoms with Gasteiger partial charge in [0.2, 0.25) is 5.91 Å². The molecule has 0 aromatic heterocycles. The van der Waals surface area contributed by atoms with Gasteiger partial charge in [0.15, 0.2) is 5.96 Å². The molecule has 1 amide bonds. The summed E-state index contributed by atoms with van der Waals surface area (Å²) in [4.78, 5) is 15.3. The molecule has 0 fully saturated rings. The Morgan fingerprint density at radius 1 is 1.11 bits per heavy atom. The highest BCUT2D eigenvalue weighted by Gasteiger charge is 2.01. The van der Waals surface area contributed by atoms with Gasteiger partial charge in [0.1, 0.15) is 0 Å². The van der Waals surface area contributed by atoms with Gasteiger partial charge in [0, 0.05) is 39.4 Å². The molecule has 1 aromatic carbocycles. The lowest BCUT2D eigenvalue weighted by Gasteiger charge is -2.13. The predicted octanol–water partition coefficient (Wildman–Crippen LogP) is 2.76. The average molecular weight is 492 g/mol. The van der Waals surface area contributed by atoms with Crippen LogP contribution >= 0.6 is 24.0 Å². The van der Waals surface area contributed by atoms with Gasteiger partial charge in [-0.05, 0) is 24.1 Å². The molecule has 0 aliphatic heterocycles. The van der Waals surface area contributed by atoms with Crippen LogP contribution in [0.15, 0.2) is 29.3 Å². The van der Waals surface area contributed by atoms with Gasteiger partial charge in [-0.2, -0.15) is 0 Å². The Kier molecular flexibility index (Phi) is 15.9. The second-order valence-corrected chi connectivity index (χ2v) is 5.81. The second kappa shape index (κ2) is 16.8. The average Bonchev–Trinajstić information content (AvgIpc) is 2.62. The summed E-state index contributed by atoms with van der Waals surface area (Å²) >= 11 is 0. The summed E-state index contributed by atoms with van der Waals surface area (Å²) in [6.45, 7) is 7.56. The molecule has 154 valence electrons. The number of carbonyl (C=O) groups excluding carboxylic acids is 1. The van der Waals surface area contributed by atoms with Crippen LogP contribution in [-0.4, -0.2) is 51.9 Å². The van der Waals surface area contributed by atoms with Crippen molar-refractivity contribution in [3.63, 3.8) is 0 Å². The number of anilines is 1. The van der Waals surface area contributed by atoms with E-state index in [1.807, 2.05) is 24.3 Å². The number of amides is 1. The fourth-order valence-electron chi connectivity index (χ4n) is 2.18. The number of halogens is 1. The minimum atomic E-state index is -0.0802. The van der Waals surface area contributed by atoms with E-state index >= 15 is 0 Å². The van der Waals surface area contributed by atoms with E-state index in [0.29, 0.717) is 38.9 Å². The van der Waals surface area contributed by atoms with E-state index < -0.39 is 0 Å². The van der Waals surface area contributed by atoms with E-state index in [0.717, 1.165) is 30.7 Å². The zero-order valence-corrected chi connectivity index (χ0v) is 18.9. The summed E-state index contributed by atoms with van der Waals surface area (Å²) in [5.74, 6) is 0.626. The fraction of sp³-hybridized carbons (Fsp3) is 0.579. The van der Waals surface area contributed by atoms with Crippen molar-refractivity contribution in [1.82, 2.24) is 10.6 Å². The lowest BCUT2D eigenvalue weighted by atomic mass is 10.2. The third-order valence-corrected chi connectivity index (χ3v) is 3.48. The first-order valence-corrected chi connectivity index (χ1v) is 9.12. The first-order chi connectivity index (χ1) is 12.7. The van der Waals surface area contributed by atoms with Gasteiger partial charge >= 0.3 is 0 Å². The molecule has 0 radical (unpaired) electrons. The van der Waals surface area contributed by atoms with Gasteiger partial charge < -0.3 is 25.4 Å². The van der Waals surface area contributed by atoms with E-state index in [9.17, 15) is 4.79 Å². The van der Waals surface area contributed by atoms with E-state index in [1.165, 1.54) is 6.92 Å². The normalized spacial score (nSPS) is 10.9. The van der Waals surface area contributed by atoms with Crippen molar-refractivity contribution in [2.45, 2.75) is 33.2 Å². The summed E-state index contributed by atoms with van der Waals surface area (Å²) in [6.07, 6.45) is 2.24. The van der Waals surface area contributed by atoms with Gasteiger partial charge in [-0.3, -0.25) is 9.79 Å². The Hall–Kier alpha value is -1.39. The third kappa shape index (κ3) is 13.4. The molecule has 0 unspecified atom stereocenters. The second-order valence-electron chi connectivity index (χ2n) is 5.81. The van der Waals surface area contributed by atoms with E-state index in [2.05, 4.69) is 27.9 Å². The van der Waals surface area contributed by atoms with Crippen LogP contribution in [0.2, 0.25) is 0 Å². The molecule has 0 spiro atoms. The Bertz CT molecular complexity index is 556. The lowest BCUT2D eigenvalue weighted by Crippen LogP contribution is -2.38. The van der Waals surface area contributed by atoms with Crippen molar-refractivity contribution in [1.29, 1.82) is 0 Å². The highest BCUT2D eigenvalue weighted by Crippen LogP contribution is 2.10. The summed E-state index contributed by atoms with van der Waals surface area (Å²) in [6, 6.07) is 7.70. The van der Waals surface area contributed by atoms with Crippen molar-refractivity contribution in [2.75, 3.05) is 45.3 Å². The topological polar surface area (TPSA) is 84.0 Å². The first-order valence-electron chi connectivity index (χ1n) is 9.12. The van der Waals surface area contributed by atoms with Gasteiger partial charge in [-0.1, -0.05) is 25.5 Å². The fourth-order valence-corrected chi connectivity index (χ4v) is 2.18. The molecule has 0 saturated carbocycles. The smallest absolute Gasteiger partial charge is 0.221 e. The summed E-state index contributed by atoms with van der Waals surface area (Å²) in [5, 5.41) is 9.22. The zero-order valence-electron chi connectivity index (χ0n) is 16.5. The predicted molar refractivity (Wildman–Crippen MR) is 121 cm³/mol. The number of unbranched alkanes of at least 4 members (excludes halogenated alkanes) is 1. The van der Waals surface area contributed by atoms with E-state index in [4.69, 9.17) is 9.47 Å². The van der Waals surface area contributed by atoms with Crippen LogP contribution in [0.3, 0.4) is 0 Å². The molecular formula is C19H33IN4O3. The number of nitrogens with one attached hydrogen (secondary N) is 3. The van der Waals surface area contributed by atoms with Crippen LogP contribution in [-0.2, 0) is 20.8 Å². The standard InChI is InChI=1S/C19H32N4O3.HI/c1-4-5-10-25-12-13-26-11-9-21-19(20-3)22-15-17-7-6-8-18(14-17)23-16(2)24;/h6-8,14H,4-5,9-13,15H2,1-3H3,(H,23,24)(H2,20,21,22);1H. The number of hydrogen-bond acceptors (Lipinski definition) is 4. The number of benzene rings is 1. The maximum atomic E-state index is 11.1. The van der Waals surface area contributed by atoms with Crippen molar-refractivity contribution in [3.05, 3.63) is 29.8 Å². The van der Waals surface area contributed by atoms with Crippen molar-refractivity contribution in [3.8, 4) is 0 Å². The first kappa shape index (κ1) is 25.6. The minimum Gasteiger partial charge on any atom is -0.379 e. The van der Waals surface area contributed by atoms with E-state index in [1.54, 1.807) is 7.05 Å². The number of rotatable bonds is 12.